The molecule has 2 aromatic rings. The molecule has 1 aliphatic rings. The smallest absolute Gasteiger partial charge is 0.160 e. The zero-order valence-corrected chi connectivity index (χ0v) is 18.0. The molecule has 0 spiro atoms. The number of alkyl halides is 1. The van der Waals surface area contributed by atoms with E-state index in [2.05, 4.69) is 57.8 Å². The number of hydrogen-bond donors (Lipinski definition) is 0. The van der Waals surface area contributed by atoms with Gasteiger partial charge < -0.3 is 14.4 Å². The topological polar surface area (TPSA) is 34.1 Å². The standard InChI is InChI=1S/C20H23IN2O2S/c1-24-17-9-8-16(19(10-17)25-2)14-23(13-15-6-4-3-5-7-15)20-22-12-18(11-21)26-20/h3-10,18H,11-14H2,1-2H3/t18-/m1/s1. The van der Waals surface area contributed by atoms with E-state index in [1.807, 2.05) is 30.0 Å². The molecule has 6 heteroatoms. The third kappa shape index (κ3) is 4.85. The maximum Gasteiger partial charge on any atom is 0.160 e. The summed E-state index contributed by atoms with van der Waals surface area (Å²) in [6.07, 6.45) is 0. The number of amidine groups is 1. The van der Waals surface area contributed by atoms with Crippen LogP contribution >= 0.6 is 34.4 Å². The second-order valence-electron chi connectivity index (χ2n) is 6.04. The van der Waals surface area contributed by atoms with Gasteiger partial charge in [-0.3, -0.25) is 4.99 Å². The second kappa shape index (κ2) is 9.50. The average Bonchev–Trinajstić information content (AvgIpc) is 3.17. The maximum atomic E-state index is 5.59. The van der Waals surface area contributed by atoms with Crippen LogP contribution in [0.1, 0.15) is 11.1 Å². The Labute approximate surface area is 173 Å². The lowest BCUT2D eigenvalue weighted by atomic mass is 10.1. The summed E-state index contributed by atoms with van der Waals surface area (Å²) in [5.74, 6) is 1.65. The van der Waals surface area contributed by atoms with Crippen LogP contribution in [-0.4, -0.2) is 40.5 Å². The third-order valence-electron chi connectivity index (χ3n) is 4.22. The predicted molar refractivity (Wildman–Crippen MR) is 118 cm³/mol. The summed E-state index contributed by atoms with van der Waals surface area (Å²) in [4.78, 5) is 7.15. The van der Waals surface area contributed by atoms with E-state index in [-0.39, 0.29) is 0 Å². The SMILES string of the molecule is COc1ccc(CN(Cc2ccccc2)C2=NC[C@@H](CI)S2)c(OC)c1. The highest BCUT2D eigenvalue weighted by Gasteiger charge is 2.24. The van der Waals surface area contributed by atoms with Gasteiger partial charge in [-0.05, 0) is 17.7 Å². The second-order valence-corrected chi connectivity index (χ2v) is 8.19. The minimum absolute atomic E-state index is 0.571. The molecule has 1 aliphatic heterocycles. The molecule has 0 saturated carbocycles. The van der Waals surface area contributed by atoms with Crippen molar-refractivity contribution in [2.24, 2.45) is 4.99 Å². The van der Waals surface area contributed by atoms with Crippen molar-refractivity contribution in [1.29, 1.82) is 0 Å². The molecule has 138 valence electrons. The van der Waals surface area contributed by atoms with E-state index in [1.165, 1.54) is 5.56 Å². The number of ether oxygens (including phenoxy) is 2. The van der Waals surface area contributed by atoms with Crippen molar-refractivity contribution in [2.45, 2.75) is 18.3 Å². The molecule has 0 N–H and O–H groups in total. The van der Waals surface area contributed by atoms with Crippen LogP contribution in [0.2, 0.25) is 0 Å². The predicted octanol–water partition coefficient (Wildman–Crippen LogP) is 4.61. The van der Waals surface area contributed by atoms with Crippen LogP contribution in [0.25, 0.3) is 0 Å². The number of halogens is 1. The van der Waals surface area contributed by atoms with Gasteiger partial charge in [0, 0.05) is 34.4 Å². The molecule has 0 aliphatic carbocycles. The molecule has 1 atom stereocenters. The van der Waals surface area contributed by atoms with Gasteiger partial charge in [-0.2, -0.15) is 0 Å². The quantitative estimate of drug-likeness (QED) is 0.427. The molecule has 0 radical (unpaired) electrons. The van der Waals surface area contributed by atoms with Crippen molar-refractivity contribution in [3.05, 3.63) is 59.7 Å². The summed E-state index contributed by atoms with van der Waals surface area (Å²) in [7, 11) is 3.37. The number of methoxy groups -OCH3 is 2. The molecule has 0 saturated heterocycles. The van der Waals surface area contributed by atoms with E-state index < -0.39 is 0 Å². The Bertz CT molecular complexity index is 755. The van der Waals surface area contributed by atoms with Crippen LogP contribution < -0.4 is 9.47 Å². The molecule has 3 rings (SSSR count). The fraction of sp³-hybridized carbons (Fsp3) is 0.350. The first-order valence-corrected chi connectivity index (χ1v) is 10.9. The summed E-state index contributed by atoms with van der Waals surface area (Å²) >= 11 is 4.32. The van der Waals surface area contributed by atoms with Gasteiger partial charge in [0.15, 0.2) is 5.17 Å². The highest BCUT2D eigenvalue weighted by molar-refractivity contribution is 14.1. The first-order chi connectivity index (χ1) is 12.7. The Kier molecular flexibility index (Phi) is 7.07. The minimum Gasteiger partial charge on any atom is -0.497 e. The highest BCUT2D eigenvalue weighted by Crippen LogP contribution is 2.30. The van der Waals surface area contributed by atoms with Gasteiger partial charge in [-0.1, -0.05) is 64.7 Å². The van der Waals surface area contributed by atoms with Crippen molar-refractivity contribution >= 4 is 39.5 Å². The van der Waals surface area contributed by atoms with Crippen molar-refractivity contribution in [3.63, 3.8) is 0 Å². The molecule has 0 fully saturated rings. The van der Waals surface area contributed by atoms with Crippen LogP contribution in [0.5, 0.6) is 11.5 Å². The molecule has 26 heavy (non-hydrogen) atoms. The maximum absolute atomic E-state index is 5.59. The Morgan fingerprint density at radius 2 is 1.92 bits per heavy atom. The highest BCUT2D eigenvalue weighted by atomic mass is 127. The molecule has 1 heterocycles. The van der Waals surface area contributed by atoms with Gasteiger partial charge in [0.25, 0.3) is 0 Å². The first kappa shape index (κ1) is 19.4. The van der Waals surface area contributed by atoms with E-state index in [9.17, 15) is 0 Å². The summed E-state index contributed by atoms with van der Waals surface area (Å²) in [6, 6.07) is 16.5. The number of nitrogens with zero attached hydrogens (tertiary/aromatic N) is 2. The van der Waals surface area contributed by atoms with Crippen molar-refractivity contribution in [3.8, 4) is 11.5 Å². The van der Waals surface area contributed by atoms with Crippen LogP contribution in [0.15, 0.2) is 53.5 Å². The van der Waals surface area contributed by atoms with Gasteiger partial charge in [0.2, 0.25) is 0 Å². The van der Waals surface area contributed by atoms with Gasteiger partial charge in [0.05, 0.1) is 20.8 Å². The lowest BCUT2D eigenvalue weighted by molar-refractivity contribution is 0.371. The molecular weight excluding hydrogens is 459 g/mol. The molecule has 2 aromatic carbocycles. The molecule has 0 unspecified atom stereocenters. The summed E-state index contributed by atoms with van der Waals surface area (Å²) < 4.78 is 12.0. The number of rotatable bonds is 7. The first-order valence-electron chi connectivity index (χ1n) is 8.50. The summed E-state index contributed by atoms with van der Waals surface area (Å²) in [5, 5.41) is 1.69. The lowest BCUT2D eigenvalue weighted by Gasteiger charge is -2.25. The van der Waals surface area contributed by atoms with Gasteiger partial charge >= 0.3 is 0 Å². The van der Waals surface area contributed by atoms with Crippen molar-refractivity contribution < 1.29 is 9.47 Å². The normalized spacial score (nSPS) is 16.3. The zero-order chi connectivity index (χ0) is 18.4. The summed E-state index contributed by atoms with van der Waals surface area (Å²) in [5.41, 5.74) is 2.41. The number of aliphatic imine (C=N–C) groups is 1. The van der Waals surface area contributed by atoms with E-state index in [1.54, 1.807) is 14.2 Å². The van der Waals surface area contributed by atoms with Gasteiger partial charge in [-0.15, -0.1) is 0 Å². The fourth-order valence-corrected chi connectivity index (χ4v) is 4.60. The van der Waals surface area contributed by atoms with Crippen LogP contribution in [0, 0.1) is 0 Å². The Balaban J connectivity index is 1.84. The van der Waals surface area contributed by atoms with Crippen LogP contribution in [-0.2, 0) is 13.1 Å². The number of hydrogen-bond acceptors (Lipinski definition) is 5. The van der Waals surface area contributed by atoms with Crippen molar-refractivity contribution in [1.82, 2.24) is 4.90 Å². The molecule has 4 nitrogen and oxygen atoms in total. The molecule has 0 aromatic heterocycles. The monoisotopic (exact) mass is 482 g/mol. The van der Waals surface area contributed by atoms with E-state index in [0.29, 0.717) is 5.25 Å². The van der Waals surface area contributed by atoms with E-state index in [0.717, 1.165) is 46.3 Å². The average molecular weight is 482 g/mol. The van der Waals surface area contributed by atoms with Crippen LogP contribution in [0.4, 0.5) is 0 Å². The zero-order valence-electron chi connectivity index (χ0n) is 15.0. The van der Waals surface area contributed by atoms with E-state index >= 15 is 0 Å². The summed E-state index contributed by atoms with van der Waals surface area (Å²) in [6.45, 7) is 2.48. The Morgan fingerprint density at radius 3 is 2.58 bits per heavy atom. The Hall–Kier alpha value is -1.41. The molecular formula is C20H23IN2O2S. The van der Waals surface area contributed by atoms with Crippen LogP contribution in [0.3, 0.4) is 0 Å². The Morgan fingerprint density at radius 1 is 1.12 bits per heavy atom. The third-order valence-corrected chi connectivity index (χ3v) is 7.12. The van der Waals surface area contributed by atoms with Gasteiger partial charge in [-0.25, -0.2) is 0 Å². The lowest BCUT2D eigenvalue weighted by Crippen LogP contribution is -2.27. The fourth-order valence-electron chi connectivity index (χ4n) is 2.84. The minimum atomic E-state index is 0.571. The largest absolute Gasteiger partial charge is 0.497 e. The van der Waals surface area contributed by atoms with Gasteiger partial charge in [0.1, 0.15) is 11.5 Å². The van der Waals surface area contributed by atoms with E-state index in [4.69, 9.17) is 14.5 Å². The number of thioether (sulfide) groups is 1. The molecule has 0 bridgehead atoms. The molecule has 0 amide bonds. The van der Waals surface area contributed by atoms with Crippen molar-refractivity contribution in [2.75, 3.05) is 25.2 Å². The number of benzene rings is 2.